The van der Waals surface area contributed by atoms with E-state index in [9.17, 15) is 0 Å². The molecule has 0 saturated heterocycles. The fraction of sp³-hybridized carbons (Fsp3) is 0.176. The second-order valence-corrected chi connectivity index (χ2v) is 5.94. The Bertz CT molecular complexity index is 735. The van der Waals surface area contributed by atoms with E-state index >= 15 is 0 Å². The first-order valence-electron chi connectivity index (χ1n) is 7.25. The van der Waals surface area contributed by atoms with Crippen molar-refractivity contribution in [2.75, 3.05) is 6.79 Å². The van der Waals surface area contributed by atoms with Crippen molar-refractivity contribution < 1.29 is 29.3 Å². The van der Waals surface area contributed by atoms with Crippen molar-refractivity contribution >= 4 is 27.9 Å². The van der Waals surface area contributed by atoms with Gasteiger partial charge < -0.3 is 25.0 Å². The summed E-state index contributed by atoms with van der Waals surface area (Å²) in [5.41, 5.74) is 2.46. The van der Waals surface area contributed by atoms with Crippen molar-refractivity contribution in [2.24, 2.45) is 0 Å². The number of carboxylic acid groups (broad SMARTS) is 2. The van der Waals surface area contributed by atoms with Gasteiger partial charge in [0.05, 0.1) is 0 Å². The van der Waals surface area contributed by atoms with Crippen LogP contribution >= 0.6 is 15.9 Å². The maximum atomic E-state index is 9.10. The molecule has 0 bridgehead atoms. The number of rotatable bonds is 4. The van der Waals surface area contributed by atoms with Gasteiger partial charge in [-0.1, -0.05) is 34.1 Å². The minimum atomic E-state index is -1.82. The average molecular weight is 410 g/mol. The number of aliphatic carboxylic acids is 2. The van der Waals surface area contributed by atoms with Crippen molar-refractivity contribution in [3.8, 4) is 11.5 Å². The van der Waals surface area contributed by atoms with E-state index in [-0.39, 0.29) is 0 Å². The van der Waals surface area contributed by atoms with Crippen LogP contribution in [0.1, 0.15) is 11.1 Å². The summed E-state index contributed by atoms with van der Waals surface area (Å²) in [6, 6.07) is 14.4. The molecule has 0 fully saturated rings. The Kier molecular flexibility index (Phi) is 6.79. The number of hydrogen-bond donors (Lipinski definition) is 3. The van der Waals surface area contributed by atoms with Gasteiger partial charge >= 0.3 is 11.9 Å². The third-order valence-electron chi connectivity index (χ3n) is 3.19. The molecule has 1 heterocycles. The second-order valence-electron chi connectivity index (χ2n) is 5.03. The van der Waals surface area contributed by atoms with Gasteiger partial charge in [-0.3, -0.25) is 0 Å². The number of fused-ring (bicyclic) bond motifs is 1. The summed E-state index contributed by atoms with van der Waals surface area (Å²) in [7, 11) is 0. The van der Waals surface area contributed by atoms with E-state index in [1.54, 1.807) is 0 Å². The lowest BCUT2D eigenvalue weighted by Crippen LogP contribution is -2.12. The molecule has 0 atom stereocenters. The number of carboxylic acids is 2. The zero-order valence-electron chi connectivity index (χ0n) is 13.1. The molecule has 132 valence electrons. The smallest absolute Gasteiger partial charge is 0.414 e. The lowest BCUT2D eigenvalue weighted by atomic mass is 10.2. The van der Waals surface area contributed by atoms with Crippen LogP contribution in [0.15, 0.2) is 46.9 Å². The normalized spacial score (nSPS) is 11.4. The number of ether oxygens (including phenoxy) is 2. The van der Waals surface area contributed by atoms with Gasteiger partial charge in [0, 0.05) is 17.6 Å². The van der Waals surface area contributed by atoms with Crippen LogP contribution in [0.3, 0.4) is 0 Å². The molecule has 0 radical (unpaired) electrons. The van der Waals surface area contributed by atoms with Crippen molar-refractivity contribution in [1.82, 2.24) is 5.32 Å². The van der Waals surface area contributed by atoms with E-state index in [4.69, 9.17) is 29.3 Å². The molecule has 2 aromatic carbocycles. The second kappa shape index (κ2) is 9.05. The largest absolute Gasteiger partial charge is 0.473 e. The van der Waals surface area contributed by atoms with Gasteiger partial charge in [-0.05, 0) is 35.4 Å². The summed E-state index contributed by atoms with van der Waals surface area (Å²) >= 11 is 3.43. The van der Waals surface area contributed by atoms with E-state index in [2.05, 4.69) is 51.6 Å². The van der Waals surface area contributed by atoms with Gasteiger partial charge in [0.25, 0.3) is 0 Å². The highest BCUT2D eigenvalue weighted by atomic mass is 79.9. The molecule has 25 heavy (non-hydrogen) atoms. The Morgan fingerprint density at radius 1 is 0.920 bits per heavy atom. The minimum absolute atomic E-state index is 0.325. The maximum absolute atomic E-state index is 9.10. The molecule has 0 aromatic heterocycles. The predicted octanol–water partition coefficient (Wildman–Crippen LogP) is 2.62. The van der Waals surface area contributed by atoms with Crippen molar-refractivity contribution in [1.29, 1.82) is 0 Å². The van der Waals surface area contributed by atoms with Gasteiger partial charge in [0.1, 0.15) is 0 Å². The van der Waals surface area contributed by atoms with Crippen molar-refractivity contribution in [2.45, 2.75) is 13.1 Å². The number of carbonyl (C=O) groups is 2. The van der Waals surface area contributed by atoms with Crippen LogP contribution in [0.2, 0.25) is 0 Å². The van der Waals surface area contributed by atoms with Crippen LogP contribution in [0.25, 0.3) is 0 Å². The SMILES string of the molecule is Brc1ccc(CNCc2ccc3c(c2)OCO3)cc1.O=C(O)C(=O)O. The van der Waals surface area contributed by atoms with Gasteiger partial charge in [-0.25, -0.2) is 9.59 Å². The van der Waals surface area contributed by atoms with E-state index in [0.29, 0.717) is 6.79 Å². The number of halogens is 1. The van der Waals surface area contributed by atoms with Crippen LogP contribution in [-0.2, 0) is 22.7 Å². The van der Waals surface area contributed by atoms with Gasteiger partial charge in [-0.2, -0.15) is 0 Å². The quantitative estimate of drug-likeness (QED) is 0.666. The highest BCUT2D eigenvalue weighted by molar-refractivity contribution is 9.10. The van der Waals surface area contributed by atoms with Gasteiger partial charge in [0.2, 0.25) is 6.79 Å². The van der Waals surface area contributed by atoms with Crippen LogP contribution < -0.4 is 14.8 Å². The summed E-state index contributed by atoms with van der Waals surface area (Å²) < 4.78 is 11.8. The fourth-order valence-corrected chi connectivity index (χ4v) is 2.27. The third kappa shape index (κ3) is 6.09. The molecule has 0 amide bonds. The lowest BCUT2D eigenvalue weighted by molar-refractivity contribution is -0.159. The Morgan fingerprint density at radius 3 is 2.12 bits per heavy atom. The first-order valence-corrected chi connectivity index (χ1v) is 8.05. The summed E-state index contributed by atoms with van der Waals surface area (Å²) in [4.78, 5) is 18.2. The highest BCUT2D eigenvalue weighted by Crippen LogP contribution is 2.32. The summed E-state index contributed by atoms with van der Waals surface area (Å²) in [6.45, 7) is 1.99. The fourth-order valence-electron chi connectivity index (χ4n) is 2.00. The molecule has 3 rings (SSSR count). The van der Waals surface area contributed by atoms with Crippen LogP contribution in [0, 0.1) is 0 Å². The molecule has 7 nitrogen and oxygen atoms in total. The zero-order valence-corrected chi connectivity index (χ0v) is 14.7. The van der Waals surface area contributed by atoms with Crippen LogP contribution in [0.4, 0.5) is 0 Å². The third-order valence-corrected chi connectivity index (χ3v) is 3.72. The molecule has 0 spiro atoms. The first kappa shape index (κ1) is 18.8. The molecule has 1 aliphatic heterocycles. The molecule has 8 heteroatoms. The summed E-state index contributed by atoms with van der Waals surface area (Å²) in [5, 5.41) is 18.2. The monoisotopic (exact) mass is 409 g/mol. The first-order chi connectivity index (χ1) is 12.0. The topological polar surface area (TPSA) is 105 Å². The minimum Gasteiger partial charge on any atom is -0.473 e. The van der Waals surface area contributed by atoms with E-state index in [1.165, 1.54) is 11.1 Å². The summed E-state index contributed by atoms with van der Waals surface area (Å²) in [6.07, 6.45) is 0. The predicted molar refractivity (Wildman–Crippen MR) is 92.5 cm³/mol. The maximum Gasteiger partial charge on any atom is 0.414 e. The molecule has 2 aromatic rings. The van der Waals surface area contributed by atoms with Gasteiger partial charge in [-0.15, -0.1) is 0 Å². The molecule has 3 N–H and O–H groups in total. The Hall–Kier alpha value is -2.58. The summed E-state index contributed by atoms with van der Waals surface area (Å²) in [5.74, 6) is -1.98. The Labute approximate surface area is 152 Å². The molecular formula is C17H16BrNO6. The van der Waals surface area contributed by atoms with E-state index < -0.39 is 11.9 Å². The number of nitrogens with one attached hydrogen (secondary N) is 1. The average Bonchev–Trinajstić information content (AvgIpc) is 3.05. The lowest BCUT2D eigenvalue weighted by Gasteiger charge is -2.06. The number of benzene rings is 2. The van der Waals surface area contributed by atoms with E-state index in [1.807, 2.05) is 12.1 Å². The zero-order chi connectivity index (χ0) is 18.2. The van der Waals surface area contributed by atoms with Crippen LogP contribution in [-0.4, -0.2) is 28.9 Å². The van der Waals surface area contributed by atoms with E-state index in [0.717, 1.165) is 29.1 Å². The molecular weight excluding hydrogens is 394 g/mol. The van der Waals surface area contributed by atoms with Gasteiger partial charge in [0.15, 0.2) is 11.5 Å². The highest BCUT2D eigenvalue weighted by Gasteiger charge is 2.12. The molecule has 0 saturated carbocycles. The Balaban J connectivity index is 0.000000326. The molecule has 0 unspecified atom stereocenters. The Morgan fingerprint density at radius 2 is 1.48 bits per heavy atom. The van der Waals surface area contributed by atoms with Crippen LogP contribution in [0.5, 0.6) is 11.5 Å². The molecule has 1 aliphatic rings. The number of hydrogen-bond acceptors (Lipinski definition) is 5. The van der Waals surface area contributed by atoms with Crippen molar-refractivity contribution in [3.63, 3.8) is 0 Å². The standard InChI is InChI=1S/C15H14BrNO2.C2H2O4/c16-13-4-1-11(2-5-13)8-17-9-12-3-6-14-15(7-12)19-10-18-14;3-1(4)2(5)6/h1-7,17H,8-10H2;(H,3,4)(H,5,6). The molecule has 0 aliphatic carbocycles. The van der Waals surface area contributed by atoms with Crippen molar-refractivity contribution in [3.05, 3.63) is 58.1 Å².